The van der Waals surface area contributed by atoms with Gasteiger partial charge in [0.25, 0.3) is 5.91 Å². The zero-order valence-electron chi connectivity index (χ0n) is 12.6. The minimum absolute atomic E-state index is 0.208. The van der Waals surface area contributed by atoms with Gasteiger partial charge in [-0.2, -0.15) is 0 Å². The molecule has 1 N–H and O–H groups in total. The molecule has 1 aromatic rings. The first kappa shape index (κ1) is 14.7. The van der Waals surface area contributed by atoms with Crippen molar-refractivity contribution in [3.63, 3.8) is 0 Å². The van der Waals surface area contributed by atoms with Crippen LogP contribution in [-0.2, 0) is 17.8 Å². The SMILES string of the molecule is CCC(O)C(=O)N1CCc2c(nc(C)nc2N(C)C)C1. The van der Waals surface area contributed by atoms with E-state index in [0.29, 0.717) is 25.3 Å². The fourth-order valence-electron chi connectivity index (χ4n) is 2.47. The second-order valence-electron chi connectivity index (χ2n) is 5.35. The van der Waals surface area contributed by atoms with Gasteiger partial charge in [0, 0.05) is 26.2 Å². The van der Waals surface area contributed by atoms with Crippen molar-refractivity contribution in [1.29, 1.82) is 0 Å². The van der Waals surface area contributed by atoms with Crippen LogP contribution in [0.25, 0.3) is 0 Å². The molecule has 0 saturated heterocycles. The van der Waals surface area contributed by atoms with Crippen molar-refractivity contribution in [1.82, 2.24) is 14.9 Å². The maximum Gasteiger partial charge on any atom is 0.251 e. The van der Waals surface area contributed by atoms with Crippen molar-refractivity contribution in [2.75, 3.05) is 25.5 Å². The second kappa shape index (κ2) is 5.75. The van der Waals surface area contributed by atoms with Crippen LogP contribution in [0.2, 0.25) is 0 Å². The van der Waals surface area contributed by atoms with Gasteiger partial charge in [0.15, 0.2) is 0 Å². The topological polar surface area (TPSA) is 69.6 Å². The van der Waals surface area contributed by atoms with Crippen molar-refractivity contribution in [2.45, 2.75) is 39.3 Å². The van der Waals surface area contributed by atoms with E-state index in [-0.39, 0.29) is 5.91 Å². The van der Waals surface area contributed by atoms with E-state index >= 15 is 0 Å². The highest BCUT2D eigenvalue weighted by Crippen LogP contribution is 2.25. The molecule has 0 fully saturated rings. The molecule has 1 amide bonds. The number of hydrogen-bond donors (Lipinski definition) is 1. The molecule has 2 heterocycles. The molecule has 2 rings (SSSR count). The number of aryl methyl sites for hydroxylation is 1. The molecule has 1 unspecified atom stereocenters. The summed E-state index contributed by atoms with van der Waals surface area (Å²) in [6.07, 6.45) is 0.256. The molecular weight excluding hydrogens is 256 g/mol. The van der Waals surface area contributed by atoms with Crippen LogP contribution in [0.5, 0.6) is 0 Å². The van der Waals surface area contributed by atoms with Gasteiger partial charge in [0.1, 0.15) is 17.7 Å². The van der Waals surface area contributed by atoms with Crippen LogP contribution < -0.4 is 4.90 Å². The third-order valence-corrected chi connectivity index (χ3v) is 3.56. The Morgan fingerprint density at radius 1 is 1.45 bits per heavy atom. The van der Waals surface area contributed by atoms with Gasteiger partial charge in [0.05, 0.1) is 12.2 Å². The smallest absolute Gasteiger partial charge is 0.251 e. The van der Waals surface area contributed by atoms with Gasteiger partial charge in [0.2, 0.25) is 0 Å². The van der Waals surface area contributed by atoms with Crippen LogP contribution in [0, 0.1) is 6.92 Å². The molecule has 0 spiro atoms. The summed E-state index contributed by atoms with van der Waals surface area (Å²) in [6, 6.07) is 0. The maximum atomic E-state index is 12.1. The van der Waals surface area contributed by atoms with Crippen LogP contribution in [0.1, 0.15) is 30.4 Å². The summed E-state index contributed by atoms with van der Waals surface area (Å²) in [7, 11) is 3.92. The first-order valence-corrected chi connectivity index (χ1v) is 6.94. The maximum absolute atomic E-state index is 12.1. The molecule has 6 nitrogen and oxygen atoms in total. The number of rotatable bonds is 3. The number of aromatic nitrogens is 2. The fraction of sp³-hybridized carbons (Fsp3) is 0.643. The molecule has 1 aliphatic heterocycles. The molecule has 0 aromatic carbocycles. The molecule has 0 saturated carbocycles. The number of carbonyl (C=O) groups excluding carboxylic acids is 1. The van der Waals surface area contributed by atoms with Crippen LogP contribution in [-0.4, -0.2) is 52.6 Å². The van der Waals surface area contributed by atoms with Crippen molar-refractivity contribution < 1.29 is 9.90 Å². The summed E-state index contributed by atoms with van der Waals surface area (Å²) < 4.78 is 0. The summed E-state index contributed by atoms with van der Waals surface area (Å²) >= 11 is 0. The number of amides is 1. The standard InChI is InChI=1S/C14H22N4O2/c1-5-12(19)14(20)18-7-6-10-11(8-18)15-9(2)16-13(10)17(3)4/h12,19H,5-8H2,1-4H3. The summed E-state index contributed by atoms with van der Waals surface area (Å²) in [5, 5.41) is 9.69. The largest absolute Gasteiger partial charge is 0.383 e. The van der Waals surface area contributed by atoms with Crippen LogP contribution >= 0.6 is 0 Å². The van der Waals surface area contributed by atoms with Crippen LogP contribution in [0.4, 0.5) is 5.82 Å². The lowest BCUT2D eigenvalue weighted by Crippen LogP contribution is -2.42. The van der Waals surface area contributed by atoms with Gasteiger partial charge in [-0.05, 0) is 19.8 Å². The highest BCUT2D eigenvalue weighted by molar-refractivity contribution is 5.80. The number of anilines is 1. The number of carbonyl (C=O) groups is 1. The third kappa shape index (κ3) is 2.75. The highest BCUT2D eigenvalue weighted by Gasteiger charge is 2.28. The normalized spacial score (nSPS) is 15.8. The minimum Gasteiger partial charge on any atom is -0.383 e. The quantitative estimate of drug-likeness (QED) is 0.872. The van der Waals surface area contributed by atoms with Gasteiger partial charge < -0.3 is 14.9 Å². The lowest BCUT2D eigenvalue weighted by Gasteiger charge is -2.31. The molecule has 20 heavy (non-hydrogen) atoms. The van der Waals surface area contributed by atoms with E-state index in [1.165, 1.54) is 0 Å². The van der Waals surface area contributed by atoms with Gasteiger partial charge in [-0.3, -0.25) is 4.79 Å². The summed E-state index contributed by atoms with van der Waals surface area (Å²) in [5.74, 6) is 1.43. The van der Waals surface area contributed by atoms with Gasteiger partial charge in [-0.15, -0.1) is 0 Å². The number of hydrogen-bond acceptors (Lipinski definition) is 5. The van der Waals surface area contributed by atoms with E-state index in [4.69, 9.17) is 0 Å². The summed E-state index contributed by atoms with van der Waals surface area (Å²) in [5.41, 5.74) is 2.00. The van der Waals surface area contributed by atoms with Crippen molar-refractivity contribution in [3.8, 4) is 0 Å². The molecule has 1 aromatic heterocycles. The Balaban J connectivity index is 2.29. The van der Waals surface area contributed by atoms with E-state index in [0.717, 1.165) is 23.5 Å². The van der Waals surface area contributed by atoms with E-state index in [9.17, 15) is 9.90 Å². The summed E-state index contributed by atoms with van der Waals surface area (Å²) in [6.45, 7) is 4.72. The predicted octanol–water partition coefficient (Wildman–Crippen LogP) is 0.507. The Morgan fingerprint density at radius 3 is 2.75 bits per heavy atom. The molecule has 0 aliphatic carbocycles. The first-order valence-electron chi connectivity index (χ1n) is 6.94. The lowest BCUT2D eigenvalue weighted by atomic mass is 10.0. The van der Waals surface area contributed by atoms with E-state index in [1.807, 2.05) is 25.9 Å². The van der Waals surface area contributed by atoms with Crippen LogP contribution in [0.3, 0.4) is 0 Å². The molecule has 0 bridgehead atoms. The Bertz CT molecular complexity index is 516. The lowest BCUT2D eigenvalue weighted by molar-refractivity contribution is -0.141. The molecule has 0 radical (unpaired) electrons. The Kier molecular flexibility index (Phi) is 4.23. The minimum atomic E-state index is -0.909. The number of fused-ring (bicyclic) bond motifs is 1. The first-order chi connectivity index (χ1) is 9.43. The van der Waals surface area contributed by atoms with Crippen molar-refractivity contribution >= 4 is 11.7 Å². The Morgan fingerprint density at radius 2 is 2.15 bits per heavy atom. The monoisotopic (exact) mass is 278 g/mol. The molecular formula is C14H22N4O2. The van der Waals surface area contributed by atoms with Crippen molar-refractivity contribution in [2.24, 2.45) is 0 Å². The Hall–Kier alpha value is -1.69. The van der Waals surface area contributed by atoms with Gasteiger partial charge in [-0.1, -0.05) is 6.92 Å². The molecule has 1 aliphatic rings. The number of nitrogens with zero attached hydrogens (tertiary/aromatic N) is 4. The zero-order chi connectivity index (χ0) is 14.9. The Labute approximate surface area is 119 Å². The third-order valence-electron chi connectivity index (χ3n) is 3.56. The summed E-state index contributed by atoms with van der Waals surface area (Å²) in [4.78, 5) is 24.7. The zero-order valence-corrected chi connectivity index (χ0v) is 12.6. The predicted molar refractivity (Wildman–Crippen MR) is 76.5 cm³/mol. The molecule has 110 valence electrons. The highest BCUT2D eigenvalue weighted by atomic mass is 16.3. The van der Waals surface area contributed by atoms with E-state index in [2.05, 4.69) is 9.97 Å². The second-order valence-corrected chi connectivity index (χ2v) is 5.35. The molecule has 1 atom stereocenters. The fourth-order valence-corrected chi connectivity index (χ4v) is 2.47. The average molecular weight is 278 g/mol. The van der Waals surface area contributed by atoms with Gasteiger partial charge in [-0.25, -0.2) is 9.97 Å². The van der Waals surface area contributed by atoms with Gasteiger partial charge >= 0.3 is 0 Å². The number of aliphatic hydroxyl groups excluding tert-OH is 1. The van der Waals surface area contributed by atoms with Crippen molar-refractivity contribution in [3.05, 3.63) is 17.1 Å². The van der Waals surface area contributed by atoms with E-state index < -0.39 is 6.10 Å². The van der Waals surface area contributed by atoms with E-state index in [1.54, 1.807) is 11.8 Å². The molecule has 6 heteroatoms. The average Bonchev–Trinajstić information content (AvgIpc) is 2.43. The number of aliphatic hydroxyl groups is 1. The van der Waals surface area contributed by atoms with Crippen LogP contribution in [0.15, 0.2) is 0 Å².